The van der Waals surface area contributed by atoms with Gasteiger partial charge in [0.15, 0.2) is 5.82 Å². The second-order valence-corrected chi connectivity index (χ2v) is 7.63. The highest BCUT2D eigenvalue weighted by Crippen LogP contribution is 2.31. The second kappa shape index (κ2) is 9.21. The molecular formula is C17H21Cl2N7O4. The number of anilines is 3. The lowest BCUT2D eigenvalue weighted by Gasteiger charge is -2.19. The van der Waals surface area contributed by atoms with E-state index in [0.29, 0.717) is 30.0 Å². The van der Waals surface area contributed by atoms with Gasteiger partial charge in [-0.15, -0.1) is 11.6 Å². The van der Waals surface area contributed by atoms with Gasteiger partial charge in [-0.05, 0) is 0 Å². The number of alkyl carbamates (subject to hydrolysis) is 1. The summed E-state index contributed by atoms with van der Waals surface area (Å²) >= 11 is 11.8. The molecule has 0 bridgehead atoms. The van der Waals surface area contributed by atoms with Gasteiger partial charge in [-0.3, -0.25) is 4.68 Å². The summed E-state index contributed by atoms with van der Waals surface area (Å²) in [7, 11) is 1.82. The molecule has 2 aliphatic rings. The average molecular weight is 458 g/mol. The first-order valence-corrected chi connectivity index (χ1v) is 10.2. The zero-order valence-electron chi connectivity index (χ0n) is 16.0. The molecule has 3 N–H and O–H groups in total. The summed E-state index contributed by atoms with van der Waals surface area (Å²) in [5.41, 5.74) is 0.754. The van der Waals surface area contributed by atoms with Crippen LogP contribution >= 0.6 is 23.2 Å². The van der Waals surface area contributed by atoms with Gasteiger partial charge < -0.3 is 30.2 Å². The van der Waals surface area contributed by atoms with Crippen LogP contribution < -0.4 is 16.0 Å². The zero-order chi connectivity index (χ0) is 21.1. The molecule has 0 aliphatic carbocycles. The Morgan fingerprint density at radius 2 is 2.07 bits per heavy atom. The van der Waals surface area contributed by atoms with Gasteiger partial charge in [0.1, 0.15) is 23.8 Å². The van der Waals surface area contributed by atoms with Crippen LogP contribution in [0.15, 0.2) is 18.6 Å². The molecule has 11 nitrogen and oxygen atoms in total. The number of nitrogens with zero attached hydrogens (tertiary/aromatic N) is 4. The predicted octanol–water partition coefficient (Wildman–Crippen LogP) is 1.52. The van der Waals surface area contributed by atoms with Crippen molar-refractivity contribution >= 4 is 46.7 Å². The number of alkyl halides is 1. The minimum absolute atomic E-state index is 0.141. The third-order valence-corrected chi connectivity index (χ3v) is 5.13. The third-order valence-electron chi connectivity index (χ3n) is 4.69. The fraction of sp³-hybridized carbons (Fsp3) is 0.529. The molecule has 2 aromatic heterocycles. The lowest BCUT2D eigenvalue weighted by molar-refractivity contribution is 0.0665. The van der Waals surface area contributed by atoms with Crippen LogP contribution in [0.2, 0.25) is 5.02 Å². The molecule has 162 valence electrons. The lowest BCUT2D eigenvalue weighted by atomic mass is 10.1. The first-order valence-electron chi connectivity index (χ1n) is 9.30. The number of hydrogen-bond acceptors (Lipinski definition) is 9. The van der Waals surface area contributed by atoms with Crippen molar-refractivity contribution in [2.45, 2.75) is 24.3 Å². The molecule has 4 atom stereocenters. The molecule has 2 fully saturated rings. The highest BCUT2D eigenvalue weighted by molar-refractivity contribution is 6.32. The van der Waals surface area contributed by atoms with Crippen LogP contribution in [0, 0.1) is 0 Å². The number of hydrogen-bond donors (Lipinski definition) is 3. The van der Waals surface area contributed by atoms with Gasteiger partial charge in [-0.2, -0.15) is 10.1 Å². The number of halogens is 2. The van der Waals surface area contributed by atoms with Crippen LogP contribution in [-0.4, -0.2) is 75.8 Å². The number of aryl methyl sites for hydroxylation is 1. The molecule has 4 heterocycles. The van der Waals surface area contributed by atoms with Gasteiger partial charge in [0, 0.05) is 13.2 Å². The van der Waals surface area contributed by atoms with Gasteiger partial charge >= 0.3 is 6.09 Å². The minimum atomic E-state index is -0.546. The van der Waals surface area contributed by atoms with Gasteiger partial charge in [0.2, 0.25) is 5.95 Å². The van der Waals surface area contributed by atoms with E-state index in [1.165, 1.54) is 6.20 Å². The van der Waals surface area contributed by atoms with Crippen LogP contribution in [-0.2, 0) is 21.3 Å². The summed E-state index contributed by atoms with van der Waals surface area (Å²) in [6, 6.07) is -0.507. The quantitative estimate of drug-likeness (QED) is 0.530. The van der Waals surface area contributed by atoms with Crippen molar-refractivity contribution in [1.82, 2.24) is 25.1 Å². The molecule has 30 heavy (non-hydrogen) atoms. The van der Waals surface area contributed by atoms with Crippen LogP contribution in [0.3, 0.4) is 0 Å². The van der Waals surface area contributed by atoms with Crippen LogP contribution in [0.25, 0.3) is 0 Å². The van der Waals surface area contributed by atoms with E-state index in [-0.39, 0.29) is 36.8 Å². The normalized spacial score (nSPS) is 25.0. The van der Waals surface area contributed by atoms with E-state index in [0.717, 1.165) is 5.69 Å². The first kappa shape index (κ1) is 20.9. The summed E-state index contributed by atoms with van der Waals surface area (Å²) in [6.07, 6.45) is 3.85. The van der Waals surface area contributed by atoms with Crippen molar-refractivity contribution in [3.63, 3.8) is 0 Å². The Hall–Kier alpha value is -2.34. The summed E-state index contributed by atoms with van der Waals surface area (Å²) in [6.45, 7) is 0.826. The Labute approximate surface area is 182 Å². The molecule has 0 spiro atoms. The number of nitrogens with one attached hydrogen (secondary N) is 3. The van der Waals surface area contributed by atoms with Gasteiger partial charge in [0.05, 0.1) is 49.3 Å². The molecule has 2 aliphatic heterocycles. The number of rotatable bonds is 7. The van der Waals surface area contributed by atoms with Gasteiger partial charge in [-0.25, -0.2) is 9.78 Å². The lowest BCUT2D eigenvalue weighted by Crippen LogP contribution is -2.45. The van der Waals surface area contributed by atoms with E-state index in [4.69, 9.17) is 37.4 Å². The van der Waals surface area contributed by atoms with E-state index < -0.39 is 6.09 Å². The molecule has 1 amide bonds. The number of amides is 1. The standard InChI is InChI=1S/C17H21Cl2N7O4/c1-26-6-9(4-21-26)22-16-20-5-10(19)15(25-16)23-11-7-29-14-12(8-30-13(11)14)24-17(27)28-3-2-18/h4-6,11-14H,2-3,7-8H2,1H3,(H,24,27)(H2,20,22,23,25)/t11-,12+,13?,14?/m1/s1. The number of carbonyl (C=O) groups is 1. The van der Waals surface area contributed by atoms with Crippen molar-refractivity contribution < 1.29 is 19.0 Å². The number of ether oxygens (including phenoxy) is 3. The van der Waals surface area contributed by atoms with Crippen molar-refractivity contribution in [2.24, 2.45) is 7.05 Å². The number of aromatic nitrogens is 4. The Balaban J connectivity index is 1.38. The smallest absolute Gasteiger partial charge is 0.407 e. The minimum Gasteiger partial charge on any atom is -0.448 e. The largest absolute Gasteiger partial charge is 0.448 e. The monoisotopic (exact) mass is 457 g/mol. The molecule has 0 aromatic carbocycles. The van der Waals surface area contributed by atoms with Crippen molar-refractivity contribution in [3.8, 4) is 0 Å². The van der Waals surface area contributed by atoms with Gasteiger partial charge in [0.25, 0.3) is 0 Å². The summed E-state index contributed by atoms with van der Waals surface area (Å²) in [5, 5.41) is 13.6. The number of fused-ring (bicyclic) bond motifs is 1. The summed E-state index contributed by atoms with van der Waals surface area (Å²) in [5.74, 6) is 1.06. The molecule has 2 unspecified atom stereocenters. The molecule has 2 aromatic rings. The maximum atomic E-state index is 11.8. The number of carbonyl (C=O) groups excluding carboxylic acids is 1. The van der Waals surface area contributed by atoms with Crippen LogP contribution in [0.4, 0.5) is 22.2 Å². The Morgan fingerprint density at radius 3 is 2.80 bits per heavy atom. The van der Waals surface area contributed by atoms with Crippen molar-refractivity contribution in [1.29, 1.82) is 0 Å². The summed E-state index contributed by atoms with van der Waals surface area (Å²) in [4.78, 5) is 20.4. The van der Waals surface area contributed by atoms with Crippen molar-refractivity contribution in [2.75, 3.05) is 36.3 Å². The maximum absolute atomic E-state index is 11.8. The Bertz CT molecular complexity index is 899. The first-order chi connectivity index (χ1) is 14.5. The molecular weight excluding hydrogens is 437 g/mol. The van der Waals surface area contributed by atoms with Gasteiger partial charge in [-0.1, -0.05) is 11.6 Å². The second-order valence-electron chi connectivity index (χ2n) is 6.84. The van der Waals surface area contributed by atoms with E-state index in [1.807, 2.05) is 7.05 Å². The zero-order valence-corrected chi connectivity index (χ0v) is 17.6. The molecule has 2 saturated heterocycles. The van der Waals surface area contributed by atoms with E-state index in [2.05, 4.69) is 31.0 Å². The van der Waals surface area contributed by atoms with Crippen LogP contribution in [0.5, 0.6) is 0 Å². The molecule has 13 heteroatoms. The third kappa shape index (κ3) is 4.69. The molecule has 0 radical (unpaired) electrons. The Kier molecular flexibility index (Phi) is 6.42. The van der Waals surface area contributed by atoms with E-state index >= 15 is 0 Å². The fourth-order valence-corrected chi connectivity index (χ4v) is 3.61. The fourth-order valence-electron chi connectivity index (χ4n) is 3.39. The van der Waals surface area contributed by atoms with E-state index in [1.54, 1.807) is 17.1 Å². The van der Waals surface area contributed by atoms with Crippen LogP contribution in [0.1, 0.15) is 0 Å². The Morgan fingerprint density at radius 1 is 1.30 bits per heavy atom. The maximum Gasteiger partial charge on any atom is 0.407 e. The molecule has 0 saturated carbocycles. The van der Waals surface area contributed by atoms with Crippen molar-refractivity contribution in [3.05, 3.63) is 23.6 Å². The molecule has 4 rings (SSSR count). The summed E-state index contributed by atoms with van der Waals surface area (Å²) < 4.78 is 18.3. The average Bonchev–Trinajstić information content (AvgIpc) is 3.42. The highest BCUT2D eigenvalue weighted by Gasteiger charge is 2.48. The topological polar surface area (TPSA) is 124 Å². The SMILES string of the molecule is Cn1cc(Nc2ncc(Cl)c(N[C@@H]3COC4C3OC[C@@H]4NC(=O)OCCCl)n2)cn1. The van der Waals surface area contributed by atoms with E-state index in [9.17, 15) is 4.79 Å². The highest BCUT2D eigenvalue weighted by atomic mass is 35.5. The predicted molar refractivity (Wildman–Crippen MR) is 109 cm³/mol.